The molecule has 0 radical (unpaired) electrons. The van der Waals surface area contributed by atoms with Crippen molar-refractivity contribution in [1.82, 2.24) is 5.32 Å². The molecule has 0 saturated heterocycles. The van der Waals surface area contributed by atoms with Crippen LogP contribution in [0.25, 0.3) is 0 Å². The lowest BCUT2D eigenvalue weighted by atomic mass is 10.2. The molecule has 72 valence electrons. The minimum Gasteiger partial charge on any atom is -0.311 e. The van der Waals surface area contributed by atoms with Crippen molar-refractivity contribution in [1.29, 1.82) is 0 Å². The van der Waals surface area contributed by atoms with Crippen LogP contribution in [0.3, 0.4) is 0 Å². The molecule has 1 N–H and O–H groups in total. The van der Waals surface area contributed by atoms with Gasteiger partial charge in [-0.2, -0.15) is 0 Å². The normalized spacial score (nSPS) is 10.6. The smallest absolute Gasteiger partial charge is 0.250 e. The Bertz CT molecular complexity index is 105. The van der Waals surface area contributed by atoms with Crippen LogP contribution in [0, 0.1) is 0 Å². The Morgan fingerprint density at radius 3 is 2.58 bits per heavy atom. The minimum atomic E-state index is -2.22. The Morgan fingerprint density at radius 1 is 1.25 bits per heavy atom. The van der Waals surface area contributed by atoms with Crippen LogP contribution in [0.2, 0.25) is 0 Å². The summed E-state index contributed by atoms with van der Waals surface area (Å²) in [7, 11) is 0. The first-order chi connectivity index (χ1) is 5.77. The van der Waals surface area contributed by atoms with Gasteiger partial charge in [0.05, 0.1) is 6.54 Å². The molecular weight excluding hydrogens is 160 g/mol. The maximum absolute atomic E-state index is 11.6. The second-order valence-corrected chi connectivity index (χ2v) is 2.73. The summed E-state index contributed by atoms with van der Waals surface area (Å²) in [6.45, 7) is 4.12. The third-order valence-corrected chi connectivity index (χ3v) is 1.56. The molecule has 0 heterocycles. The van der Waals surface area contributed by atoms with E-state index in [-0.39, 0.29) is 6.54 Å². The topological polar surface area (TPSA) is 12.0 Å². The summed E-state index contributed by atoms with van der Waals surface area (Å²) in [5.41, 5.74) is 0. The van der Waals surface area contributed by atoms with E-state index in [0.29, 0.717) is 6.54 Å². The highest BCUT2D eigenvalue weighted by atomic mass is 19.3. The number of unbranched alkanes of at least 4 members (excludes halogenated alkanes) is 3. The van der Waals surface area contributed by atoms with E-state index < -0.39 is 6.43 Å². The fourth-order valence-corrected chi connectivity index (χ4v) is 0.927. The van der Waals surface area contributed by atoms with E-state index in [1.807, 2.05) is 6.08 Å². The van der Waals surface area contributed by atoms with E-state index in [0.717, 1.165) is 25.7 Å². The number of allylic oxidation sites excluding steroid dienone is 1. The van der Waals surface area contributed by atoms with Gasteiger partial charge in [0, 0.05) is 0 Å². The van der Waals surface area contributed by atoms with Gasteiger partial charge in [-0.15, -0.1) is 6.58 Å². The molecule has 0 aliphatic rings. The Balaban J connectivity index is 2.86. The second-order valence-electron chi connectivity index (χ2n) is 2.73. The van der Waals surface area contributed by atoms with Crippen LogP contribution < -0.4 is 5.32 Å². The number of alkyl halides is 2. The standard InChI is InChI=1S/C9H17F2N/c1-2-3-4-5-6-7-12-8-9(10)11/h2,9,12H,1,3-8H2. The number of rotatable bonds is 8. The van der Waals surface area contributed by atoms with Crippen molar-refractivity contribution in [2.24, 2.45) is 0 Å². The van der Waals surface area contributed by atoms with Crippen molar-refractivity contribution in [2.75, 3.05) is 13.1 Å². The minimum absolute atomic E-state index is 0.179. The molecule has 0 unspecified atom stereocenters. The third kappa shape index (κ3) is 9.56. The predicted octanol–water partition coefficient (Wildman–Crippen LogP) is 2.59. The number of halogens is 2. The largest absolute Gasteiger partial charge is 0.311 e. The van der Waals surface area contributed by atoms with Crippen LogP contribution in [0.4, 0.5) is 8.78 Å². The fraction of sp³-hybridized carbons (Fsp3) is 0.778. The third-order valence-electron chi connectivity index (χ3n) is 1.56. The van der Waals surface area contributed by atoms with E-state index in [9.17, 15) is 8.78 Å². The fourth-order valence-electron chi connectivity index (χ4n) is 0.927. The predicted molar refractivity (Wildman–Crippen MR) is 47.5 cm³/mol. The first-order valence-electron chi connectivity index (χ1n) is 4.37. The summed E-state index contributed by atoms with van der Waals surface area (Å²) in [6, 6.07) is 0. The molecule has 0 aliphatic carbocycles. The molecule has 0 aromatic carbocycles. The average molecular weight is 177 g/mol. The van der Waals surface area contributed by atoms with Gasteiger partial charge >= 0.3 is 0 Å². The maximum Gasteiger partial charge on any atom is 0.250 e. The van der Waals surface area contributed by atoms with Gasteiger partial charge in [0.15, 0.2) is 0 Å². The summed E-state index contributed by atoms with van der Waals surface area (Å²) in [4.78, 5) is 0. The second kappa shape index (κ2) is 8.65. The summed E-state index contributed by atoms with van der Waals surface area (Å²) in [5, 5.41) is 2.69. The zero-order valence-corrected chi connectivity index (χ0v) is 7.36. The maximum atomic E-state index is 11.6. The van der Waals surface area contributed by atoms with Gasteiger partial charge in [-0.1, -0.05) is 12.5 Å². The molecule has 0 atom stereocenters. The van der Waals surface area contributed by atoms with E-state index in [1.54, 1.807) is 0 Å². The molecule has 0 fully saturated rings. The van der Waals surface area contributed by atoms with Crippen LogP contribution >= 0.6 is 0 Å². The van der Waals surface area contributed by atoms with Gasteiger partial charge < -0.3 is 5.32 Å². The lowest BCUT2D eigenvalue weighted by Crippen LogP contribution is -2.22. The average Bonchev–Trinajstić information content (AvgIpc) is 2.02. The van der Waals surface area contributed by atoms with Gasteiger partial charge in [0.1, 0.15) is 0 Å². The van der Waals surface area contributed by atoms with Crippen LogP contribution in [-0.2, 0) is 0 Å². The van der Waals surface area contributed by atoms with Crippen LogP contribution in [0.5, 0.6) is 0 Å². The lowest BCUT2D eigenvalue weighted by molar-refractivity contribution is 0.146. The van der Waals surface area contributed by atoms with Crippen molar-refractivity contribution in [3.05, 3.63) is 12.7 Å². The SMILES string of the molecule is C=CCCCCCNCC(F)F. The molecule has 0 bridgehead atoms. The Morgan fingerprint density at radius 2 is 2.00 bits per heavy atom. The monoisotopic (exact) mass is 177 g/mol. The molecular formula is C9H17F2N. The van der Waals surface area contributed by atoms with Gasteiger partial charge in [-0.05, 0) is 25.8 Å². The molecule has 12 heavy (non-hydrogen) atoms. The first kappa shape index (κ1) is 11.6. The Labute approximate surface area is 72.9 Å². The molecule has 3 heteroatoms. The molecule has 0 amide bonds. The van der Waals surface area contributed by atoms with Crippen molar-refractivity contribution >= 4 is 0 Å². The van der Waals surface area contributed by atoms with E-state index >= 15 is 0 Å². The summed E-state index contributed by atoms with van der Waals surface area (Å²) in [6.07, 6.45) is 3.85. The van der Waals surface area contributed by atoms with Gasteiger partial charge in [0.25, 0.3) is 6.43 Å². The summed E-state index contributed by atoms with van der Waals surface area (Å²) < 4.78 is 23.2. The zero-order valence-electron chi connectivity index (χ0n) is 7.36. The Kier molecular flexibility index (Phi) is 8.34. The first-order valence-corrected chi connectivity index (χ1v) is 4.37. The van der Waals surface area contributed by atoms with Crippen LogP contribution in [0.15, 0.2) is 12.7 Å². The van der Waals surface area contributed by atoms with Crippen molar-refractivity contribution in [3.8, 4) is 0 Å². The number of hydrogen-bond acceptors (Lipinski definition) is 1. The molecule has 0 aromatic heterocycles. The summed E-state index contributed by atoms with van der Waals surface area (Å²) >= 11 is 0. The van der Waals surface area contributed by atoms with Crippen molar-refractivity contribution in [2.45, 2.75) is 32.1 Å². The van der Waals surface area contributed by atoms with Crippen molar-refractivity contribution in [3.63, 3.8) is 0 Å². The highest BCUT2D eigenvalue weighted by molar-refractivity contribution is 4.65. The Hall–Kier alpha value is -0.440. The van der Waals surface area contributed by atoms with E-state index in [4.69, 9.17) is 0 Å². The highest BCUT2D eigenvalue weighted by Crippen LogP contribution is 1.98. The van der Waals surface area contributed by atoms with E-state index in [1.165, 1.54) is 0 Å². The van der Waals surface area contributed by atoms with Gasteiger partial charge in [-0.3, -0.25) is 0 Å². The molecule has 0 saturated carbocycles. The molecule has 0 aliphatic heterocycles. The lowest BCUT2D eigenvalue weighted by Gasteiger charge is -2.02. The zero-order chi connectivity index (χ0) is 9.23. The van der Waals surface area contributed by atoms with Gasteiger partial charge in [-0.25, -0.2) is 8.78 Å². The van der Waals surface area contributed by atoms with Crippen molar-refractivity contribution < 1.29 is 8.78 Å². The highest BCUT2D eigenvalue weighted by Gasteiger charge is 1.98. The molecule has 0 rings (SSSR count). The van der Waals surface area contributed by atoms with E-state index in [2.05, 4.69) is 11.9 Å². The van der Waals surface area contributed by atoms with Crippen LogP contribution in [0.1, 0.15) is 25.7 Å². The number of nitrogens with one attached hydrogen (secondary N) is 1. The number of hydrogen-bond donors (Lipinski definition) is 1. The molecule has 1 nitrogen and oxygen atoms in total. The van der Waals surface area contributed by atoms with Crippen LogP contribution in [-0.4, -0.2) is 19.5 Å². The summed E-state index contributed by atoms with van der Waals surface area (Å²) in [5.74, 6) is 0. The molecule has 0 spiro atoms. The molecule has 0 aromatic rings. The van der Waals surface area contributed by atoms with Gasteiger partial charge in [0.2, 0.25) is 0 Å². The quantitative estimate of drug-likeness (QED) is 0.444.